The van der Waals surface area contributed by atoms with E-state index in [1.54, 1.807) is 67.8 Å². The molecule has 0 aromatic heterocycles. The van der Waals surface area contributed by atoms with Crippen LogP contribution in [-0.4, -0.2) is 19.9 Å². The number of rotatable bonds is 7. The Morgan fingerprint density at radius 1 is 0.769 bits per heavy atom. The molecule has 3 rings (SSSR count). The van der Waals surface area contributed by atoms with Crippen molar-refractivity contribution in [2.75, 3.05) is 13.9 Å². The summed E-state index contributed by atoms with van der Waals surface area (Å²) in [5, 5.41) is 0. The predicted molar refractivity (Wildman–Crippen MR) is 97.0 cm³/mol. The first kappa shape index (κ1) is 17.4. The smallest absolute Gasteiger partial charge is 0.347 e. The van der Waals surface area contributed by atoms with Crippen molar-refractivity contribution in [3.05, 3.63) is 84.4 Å². The van der Waals surface area contributed by atoms with Crippen molar-refractivity contribution in [3.63, 3.8) is 0 Å². The average Bonchev–Trinajstić information content (AvgIpc) is 2.69. The Kier molecular flexibility index (Phi) is 5.72. The molecule has 0 N–H and O–H groups in total. The maximum atomic E-state index is 12.4. The van der Waals surface area contributed by atoms with Crippen molar-refractivity contribution in [3.8, 4) is 23.0 Å². The molecule has 132 valence electrons. The highest BCUT2D eigenvalue weighted by atomic mass is 16.7. The second-order valence-electron chi connectivity index (χ2n) is 5.28. The number of carbonyl (C=O) groups excluding carboxylic acids is 1. The van der Waals surface area contributed by atoms with E-state index in [2.05, 4.69) is 0 Å². The number of hydrogen-bond donors (Lipinski definition) is 0. The first-order valence-electron chi connectivity index (χ1n) is 8.02. The second-order valence-corrected chi connectivity index (χ2v) is 5.28. The minimum Gasteiger partial charge on any atom is -0.497 e. The van der Waals surface area contributed by atoms with Crippen molar-refractivity contribution < 1.29 is 23.7 Å². The van der Waals surface area contributed by atoms with Gasteiger partial charge >= 0.3 is 5.97 Å². The largest absolute Gasteiger partial charge is 0.497 e. The van der Waals surface area contributed by atoms with E-state index in [0.717, 1.165) is 0 Å². The standard InChI is InChI=1S/C21H18O5/c1-23-17-10-7-11-18(14-17)24-15-25-20-13-6-5-12-19(20)21(22)26-16-8-3-2-4-9-16/h2-14H,15H2,1H3. The highest BCUT2D eigenvalue weighted by Crippen LogP contribution is 2.22. The maximum absolute atomic E-state index is 12.4. The van der Waals surface area contributed by atoms with Crippen LogP contribution in [0.3, 0.4) is 0 Å². The minimum absolute atomic E-state index is 0.0528. The SMILES string of the molecule is COc1cccc(OCOc2ccccc2C(=O)Oc2ccccc2)c1. The van der Waals surface area contributed by atoms with Crippen LogP contribution in [-0.2, 0) is 0 Å². The van der Waals surface area contributed by atoms with Gasteiger partial charge in [-0.1, -0.05) is 36.4 Å². The average molecular weight is 350 g/mol. The molecule has 5 nitrogen and oxygen atoms in total. The van der Waals surface area contributed by atoms with Gasteiger partial charge in [-0.25, -0.2) is 4.79 Å². The fourth-order valence-electron chi connectivity index (χ4n) is 2.26. The van der Waals surface area contributed by atoms with Crippen molar-refractivity contribution in [1.82, 2.24) is 0 Å². The molecule has 0 atom stereocenters. The van der Waals surface area contributed by atoms with Crippen LogP contribution in [0.1, 0.15) is 10.4 Å². The number of hydrogen-bond acceptors (Lipinski definition) is 5. The van der Waals surface area contributed by atoms with Crippen LogP contribution in [0.15, 0.2) is 78.9 Å². The first-order valence-corrected chi connectivity index (χ1v) is 8.02. The summed E-state index contributed by atoms with van der Waals surface area (Å²) in [6.07, 6.45) is 0. The van der Waals surface area contributed by atoms with E-state index in [1.165, 1.54) is 0 Å². The van der Waals surface area contributed by atoms with Gasteiger partial charge in [-0.3, -0.25) is 0 Å². The Labute approximate surface area is 151 Å². The predicted octanol–water partition coefficient (Wildman–Crippen LogP) is 4.33. The Hall–Kier alpha value is -3.47. The molecule has 0 aliphatic rings. The highest BCUT2D eigenvalue weighted by Gasteiger charge is 2.14. The van der Waals surface area contributed by atoms with Gasteiger partial charge in [-0.15, -0.1) is 0 Å². The van der Waals surface area contributed by atoms with Crippen LogP contribution < -0.4 is 18.9 Å². The van der Waals surface area contributed by atoms with Gasteiger partial charge < -0.3 is 18.9 Å². The molecular weight excluding hydrogens is 332 g/mol. The van der Waals surface area contributed by atoms with Gasteiger partial charge in [0.2, 0.25) is 6.79 Å². The Morgan fingerprint density at radius 2 is 1.46 bits per heavy atom. The summed E-state index contributed by atoms with van der Waals surface area (Å²) in [7, 11) is 1.59. The fraction of sp³-hybridized carbons (Fsp3) is 0.0952. The Balaban J connectivity index is 1.64. The molecule has 0 aliphatic heterocycles. The van der Waals surface area contributed by atoms with E-state index in [-0.39, 0.29) is 6.79 Å². The molecule has 0 amide bonds. The minimum atomic E-state index is -0.492. The van der Waals surface area contributed by atoms with Crippen molar-refractivity contribution in [1.29, 1.82) is 0 Å². The van der Waals surface area contributed by atoms with Crippen molar-refractivity contribution in [2.45, 2.75) is 0 Å². The molecule has 0 unspecified atom stereocenters. The molecule has 0 saturated carbocycles. The summed E-state index contributed by atoms with van der Waals surface area (Å²) >= 11 is 0. The molecular formula is C21H18O5. The molecule has 0 heterocycles. The highest BCUT2D eigenvalue weighted by molar-refractivity contribution is 5.93. The number of benzene rings is 3. The van der Waals surface area contributed by atoms with Crippen LogP contribution in [0.25, 0.3) is 0 Å². The molecule has 5 heteroatoms. The summed E-state index contributed by atoms with van der Waals surface area (Å²) in [5.41, 5.74) is 0.325. The normalized spacial score (nSPS) is 10.0. The third kappa shape index (κ3) is 4.54. The van der Waals surface area contributed by atoms with Gasteiger partial charge in [0.05, 0.1) is 7.11 Å². The van der Waals surface area contributed by atoms with E-state index in [9.17, 15) is 4.79 Å². The lowest BCUT2D eigenvalue weighted by molar-refractivity contribution is 0.0719. The molecule has 0 saturated heterocycles. The summed E-state index contributed by atoms with van der Waals surface area (Å²) in [6, 6.07) is 22.9. The monoisotopic (exact) mass is 350 g/mol. The molecule has 0 aliphatic carbocycles. The molecule has 3 aromatic rings. The van der Waals surface area contributed by atoms with Gasteiger partial charge in [0, 0.05) is 6.07 Å². The number of para-hydroxylation sites is 2. The van der Waals surface area contributed by atoms with Gasteiger partial charge in [0.1, 0.15) is 28.6 Å². The summed E-state index contributed by atoms with van der Waals surface area (Å²) in [4.78, 5) is 12.4. The lowest BCUT2D eigenvalue weighted by atomic mass is 10.2. The second kappa shape index (κ2) is 8.58. The zero-order valence-electron chi connectivity index (χ0n) is 14.3. The molecule has 3 aromatic carbocycles. The molecule has 0 bridgehead atoms. The van der Waals surface area contributed by atoms with Gasteiger partial charge in [0.15, 0.2) is 0 Å². The molecule has 26 heavy (non-hydrogen) atoms. The summed E-state index contributed by atoms with van der Waals surface area (Å²) in [6.45, 7) is -0.0528. The maximum Gasteiger partial charge on any atom is 0.347 e. The van der Waals surface area contributed by atoms with E-state index in [1.807, 2.05) is 18.2 Å². The van der Waals surface area contributed by atoms with Crippen molar-refractivity contribution in [2.24, 2.45) is 0 Å². The van der Waals surface area contributed by atoms with Gasteiger partial charge in [-0.2, -0.15) is 0 Å². The first-order chi connectivity index (χ1) is 12.8. The number of methoxy groups -OCH3 is 1. The lowest BCUT2D eigenvalue weighted by Gasteiger charge is -2.12. The van der Waals surface area contributed by atoms with Gasteiger partial charge in [-0.05, 0) is 36.4 Å². The van der Waals surface area contributed by atoms with Crippen LogP contribution in [0, 0.1) is 0 Å². The van der Waals surface area contributed by atoms with Crippen LogP contribution in [0.5, 0.6) is 23.0 Å². The third-order valence-electron chi connectivity index (χ3n) is 3.54. The van der Waals surface area contributed by atoms with E-state index in [0.29, 0.717) is 28.6 Å². The van der Waals surface area contributed by atoms with Crippen LogP contribution >= 0.6 is 0 Å². The van der Waals surface area contributed by atoms with Crippen molar-refractivity contribution >= 4 is 5.97 Å². The Morgan fingerprint density at radius 3 is 2.27 bits per heavy atom. The van der Waals surface area contributed by atoms with E-state index in [4.69, 9.17) is 18.9 Å². The number of ether oxygens (including phenoxy) is 4. The quantitative estimate of drug-likeness (QED) is 0.361. The molecule has 0 spiro atoms. The zero-order valence-corrected chi connectivity index (χ0v) is 14.3. The van der Waals surface area contributed by atoms with E-state index < -0.39 is 5.97 Å². The Bertz CT molecular complexity index is 861. The third-order valence-corrected chi connectivity index (χ3v) is 3.54. The van der Waals surface area contributed by atoms with E-state index >= 15 is 0 Å². The topological polar surface area (TPSA) is 54.0 Å². The summed E-state index contributed by atoms with van der Waals surface area (Å²) in [5.74, 6) is 1.66. The molecule has 0 radical (unpaired) electrons. The number of esters is 1. The van der Waals surface area contributed by atoms with Crippen LogP contribution in [0.2, 0.25) is 0 Å². The van der Waals surface area contributed by atoms with Gasteiger partial charge in [0.25, 0.3) is 0 Å². The zero-order chi connectivity index (χ0) is 18.2. The summed E-state index contributed by atoms with van der Waals surface area (Å²) < 4.78 is 21.7. The fourth-order valence-corrected chi connectivity index (χ4v) is 2.26. The lowest BCUT2D eigenvalue weighted by Crippen LogP contribution is -2.13. The van der Waals surface area contributed by atoms with Crippen LogP contribution in [0.4, 0.5) is 0 Å². The molecule has 0 fully saturated rings. The number of carbonyl (C=O) groups is 1.